The van der Waals surface area contributed by atoms with Gasteiger partial charge in [0.25, 0.3) is 0 Å². The van der Waals surface area contributed by atoms with Gasteiger partial charge >= 0.3 is 0 Å². The van der Waals surface area contributed by atoms with Crippen LogP contribution in [0.15, 0.2) is 4.40 Å². The second-order valence-electron chi connectivity index (χ2n) is 0.647. The van der Waals surface area contributed by atoms with E-state index in [0.29, 0.717) is 0 Å². The Morgan fingerprint density at radius 1 is 1.80 bits per heavy atom. The maximum atomic E-state index is 3.84. The average Bonchev–Trinajstić information content (AvgIpc) is 1.76. The monoisotopic (exact) mass is 105 g/mol. The lowest BCUT2D eigenvalue weighted by Gasteiger charge is -1.66. The van der Waals surface area contributed by atoms with E-state index in [4.69, 9.17) is 0 Å². The fourth-order valence-electron chi connectivity index (χ4n) is 0.152. The topological polar surface area (TPSA) is 12.4 Å². The predicted molar refractivity (Wildman–Crippen MR) is 28.5 cm³/mol. The van der Waals surface area contributed by atoms with Gasteiger partial charge in [-0.05, 0) is 0 Å². The molecule has 1 rings (SSSR count). The lowest BCUT2D eigenvalue weighted by Crippen LogP contribution is -1.61. The van der Waals surface area contributed by atoms with E-state index in [-0.39, 0.29) is 0 Å². The number of nitrogens with zero attached hydrogens (tertiary/aromatic N) is 1. The lowest BCUT2D eigenvalue weighted by molar-refractivity contribution is 1.95. The number of hydrogen-bond acceptors (Lipinski definition) is 3. The van der Waals surface area contributed by atoms with E-state index in [2.05, 4.69) is 4.40 Å². The summed E-state index contributed by atoms with van der Waals surface area (Å²) in [6.07, 6.45) is 1.91. The fraction of sp³-hybridized carbons (Fsp3) is 0.500. The van der Waals surface area contributed by atoms with Gasteiger partial charge in [0.15, 0.2) is 0 Å². The van der Waals surface area contributed by atoms with Gasteiger partial charge in [-0.2, -0.15) is 0 Å². The van der Waals surface area contributed by atoms with Gasteiger partial charge in [-0.1, -0.05) is 10.8 Å². The zero-order valence-electron chi connectivity index (χ0n) is 2.55. The summed E-state index contributed by atoms with van der Waals surface area (Å²) in [6.45, 7) is 0. The summed E-state index contributed by atoms with van der Waals surface area (Å²) in [5.41, 5.74) is 0. The molecule has 0 atom stereocenters. The van der Waals surface area contributed by atoms with E-state index < -0.39 is 0 Å². The summed E-state index contributed by atoms with van der Waals surface area (Å²) >= 11 is 0. The van der Waals surface area contributed by atoms with E-state index in [0.717, 1.165) is 5.75 Å². The van der Waals surface area contributed by atoms with Gasteiger partial charge in [-0.3, -0.25) is 0 Å². The first-order chi connectivity index (χ1) is 2.50. The van der Waals surface area contributed by atoms with Crippen molar-refractivity contribution in [3.05, 3.63) is 0 Å². The zero-order valence-corrected chi connectivity index (χ0v) is 4.18. The van der Waals surface area contributed by atoms with E-state index in [1.54, 1.807) is 21.8 Å². The van der Waals surface area contributed by atoms with Crippen LogP contribution < -0.4 is 0 Å². The van der Waals surface area contributed by atoms with Gasteiger partial charge in [0.1, 0.15) is 0 Å². The van der Waals surface area contributed by atoms with Crippen LogP contribution >= 0.6 is 21.8 Å². The fourth-order valence-corrected chi connectivity index (χ4v) is 1.37. The Hall–Kier alpha value is 0.370. The third kappa shape index (κ3) is 0.851. The molecule has 0 N–H and O–H groups in total. The molecule has 5 heavy (non-hydrogen) atoms. The Bertz CT molecular complexity index is 45.6. The van der Waals surface area contributed by atoms with Crippen molar-refractivity contribution in [2.75, 3.05) is 5.75 Å². The molecule has 0 spiro atoms. The second kappa shape index (κ2) is 1.72. The van der Waals surface area contributed by atoms with Gasteiger partial charge in [0.05, 0.1) is 0 Å². The molecule has 0 aliphatic carbocycles. The highest BCUT2D eigenvalue weighted by atomic mass is 33.1. The summed E-state index contributed by atoms with van der Waals surface area (Å²) in [6, 6.07) is 0. The largest absolute Gasteiger partial charge is 0.217 e. The molecule has 1 aliphatic heterocycles. The van der Waals surface area contributed by atoms with Crippen LogP contribution in [0.1, 0.15) is 0 Å². The minimum absolute atomic E-state index is 1.09. The molecule has 0 aromatic heterocycles. The third-order valence-corrected chi connectivity index (χ3v) is 1.92. The van der Waals surface area contributed by atoms with Gasteiger partial charge < -0.3 is 0 Å². The first kappa shape index (κ1) is 3.56. The molecule has 0 aromatic rings. The standard InChI is InChI=1S/C2H3NS2/c1-2-4-5-3-1/h1H,2H2. The highest BCUT2D eigenvalue weighted by Crippen LogP contribution is 2.25. The van der Waals surface area contributed by atoms with Crippen LogP contribution in [0.4, 0.5) is 0 Å². The molecule has 0 bridgehead atoms. The van der Waals surface area contributed by atoms with Crippen molar-refractivity contribution in [3.8, 4) is 0 Å². The Morgan fingerprint density at radius 3 is 3.00 bits per heavy atom. The summed E-state index contributed by atoms with van der Waals surface area (Å²) in [7, 11) is 3.33. The molecule has 0 saturated heterocycles. The maximum absolute atomic E-state index is 3.84. The minimum atomic E-state index is 1.09. The van der Waals surface area contributed by atoms with Crippen LogP contribution in [0.25, 0.3) is 0 Å². The Labute approximate surface area is 38.8 Å². The van der Waals surface area contributed by atoms with Gasteiger partial charge in [0.2, 0.25) is 0 Å². The Kier molecular flexibility index (Phi) is 1.22. The van der Waals surface area contributed by atoms with Crippen molar-refractivity contribution in [2.24, 2.45) is 4.40 Å². The highest BCUT2D eigenvalue weighted by Gasteiger charge is 1.87. The first-order valence-corrected chi connectivity index (χ1v) is 3.58. The molecular weight excluding hydrogens is 102 g/mol. The predicted octanol–water partition coefficient (Wildman–Crippen LogP) is 1.37. The zero-order chi connectivity index (χ0) is 3.54. The molecule has 0 unspecified atom stereocenters. The average molecular weight is 105 g/mol. The number of rotatable bonds is 0. The first-order valence-electron chi connectivity index (χ1n) is 1.30. The lowest BCUT2D eigenvalue weighted by atomic mass is 10.9. The molecule has 0 fully saturated rings. The Balaban J connectivity index is 2.32. The summed E-state index contributed by atoms with van der Waals surface area (Å²) in [5, 5.41) is 0. The molecule has 0 aromatic carbocycles. The van der Waals surface area contributed by atoms with Crippen molar-refractivity contribution in [2.45, 2.75) is 0 Å². The molecule has 0 amide bonds. The molecule has 1 nitrogen and oxygen atoms in total. The van der Waals surface area contributed by atoms with Crippen molar-refractivity contribution < 1.29 is 0 Å². The summed E-state index contributed by atoms with van der Waals surface area (Å²) in [5.74, 6) is 1.09. The number of hydrogen-bond donors (Lipinski definition) is 0. The van der Waals surface area contributed by atoms with Crippen LogP contribution in [-0.2, 0) is 0 Å². The summed E-state index contributed by atoms with van der Waals surface area (Å²) < 4.78 is 3.84. The molecule has 0 radical (unpaired) electrons. The van der Waals surface area contributed by atoms with Crippen molar-refractivity contribution in [3.63, 3.8) is 0 Å². The summed E-state index contributed by atoms with van der Waals surface area (Å²) in [4.78, 5) is 0. The third-order valence-electron chi connectivity index (χ3n) is 0.313. The molecule has 1 heterocycles. The van der Waals surface area contributed by atoms with Crippen LogP contribution in [0.3, 0.4) is 0 Å². The SMILES string of the molecule is C1=NSSC1. The molecule has 3 heteroatoms. The minimum Gasteiger partial charge on any atom is -0.217 e. The van der Waals surface area contributed by atoms with Crippen molar-refractivity contribution >= 4 is 28.0 Å². The Morgan fingerprint density at radius 2 is 2.80 bits per heavy atom. The van der Waals surface area contributed by atoms with Gasteiger partial charge in [0, 0.05) is 22.9 Å². The van der Waals surface area contributed by atoms with E-state index >= 15 is 0 Å². The quantitative estimate of drug-likeness (QED) is 0.341. The normalized spacial score (nSPS) is 20.8. The molecular formula is C2H3NS2. The van der Waals surface area contributed by atoms with E-state index in [1.165, 1.54) is 0 Å². The van der Waals surface area contributed by atoms with E-state index in [1.807, 2.05) is 6.21 Å². The second-order valence-corrected chi connectivity index (χ2v) is 2.73. The van der Waals surface area contributed by atoms with Crippen LogP contribution in [0.5, 0.6) is 0 Å². The molecule has 28 valence electrons. The van der Waals surface area contributed by atoms with Gasteiger partial charge in [-0.15, -0.1) is 0 Å². The van der Waals surface area contributed by atoms with E-state index in [9.17, 15) is 0 Å². The van der Waals surface area contributed by atoms with Crippen molar-refractivity contribution in [1.82, 2.24) is 0 Å². The van der Waals surface area contributed by atoms with Crippen LogP contribution in [0.2, 0.25) is 0 Å². The maximum Gasteiger partial charge on any atom is 0.0434 e. The highest BCUT2D eigenvalue weighted by molar-refractivity contribution is 8.76. The van der Waals surface area contributed by atoms with Crippen molar-refractivity contribution in [1.29, 1.82) is 0 Å². The molecule has 0 saturated carbocycles. The molecule has 1 aliphatic rings. The smallest absolute Gasteiger partial charge is 0.0434 e. The van der Waals surface area contributed by atoms with Crippen LogP contribution in [-0.4, -0.2) is 12.0 Å². The van der Waals surface area contributed by atoms with Gasteiger partial charge in [-0.25, -0.2) is 4.40 Å². The van der Waals surface area contributed by atoms with Crippen LogP contribution in [0, 0.1) is 0 Å².